The minimum atomic E-state index is -0.372. The van der Waals surface area contributed by atoms with Crippen molar-refractivity contribution < 1.29 is 14.3 Å². The smallest absolute Gasteiger partial charge is 0.308 e. The molecule has 16 heavy (non-hydrogen) atoms. The van der Waals surface area contributed by atoms with Crippen LogP contribution in [0.1, 0.15) is 31.1 Å². The second kappa shape index (κ2) is 5.26. The molecule has 0 aliphatic rings. The van der Waals surface area contributed by atoms with E-state index in [9.17, 15) is 9.59 Å². The number of ketones is 1. The minimum Gasteiger partial charge on any atom is -0.427 e. The van der Waals surface area contributed by atoms with Crippen molar-refractivity contribution in [3.63, 3.8) is 0 Å². The predicted octanol–water partition coefficient (Wildman–Crippen LogP) is 2.76. The molecule has 3 heteroatoms. The minimum absolute atomic E-state index is 0.0469. The third-order valence-corrected chi connectivity index (χ3v) is 1.82. The van der Waals surface area contributed by atoms with Gasteiger partial charge >= 0.3 is 5.97 Å². The van der Waals surface area contributed by atoms with E-state index in [2.05, 4.69) is 0 Å². The molecular formula is C13H14O3. The normalized spacial score (nSPS) is 9.44. The molecule has 0 aliphatic heterocycles. The average Bonchev–Trinajstić information content (AvgIpc) is 2.16. The van der Waals surface area contributed by atoms with Gasteiger partial charge in [0.1, 0.15) is 5.75 Å². The van der Waals surface area contributed by atoms with E-state index < -0.39 is 0 Å². The van der Waals surface area contributed by atoms with Crippen molar-refractivity contribution in [3.8, 4) is 5.75 Å². The van der Waals surface area contributed by atoms with Gasteiger partial charge in [0.15, 0.2) is 5.78 Å². The Labute approximate surface area is 94.7 Å². The predicted molar refractivity (Wildman–Crippen MR) is 61.5 cm³/mol. The van der Waals surface area contributed by atoms with Gasteiger partial charge in [-0.1, -0.05) is 5.57 Å². The molecule has 3 nitrogen and oxygen atoms in total. The number of esters is 1. The van der Waals surface area contributed by atoms with Gasteiger partial charge < -0.3 is 4.74 Å². The molecule has 0 saturated heterocycles. The topological polar surface area (TPSA) is 43.4 Å². The van der Waals surface area contributed by atoms with Gasteiger partial charge in [-0.15, -0.1) is 0 Å². The molecule has 84 valence electrons. The van der Waals surface area contributed by atoms with Crippen LogP contribution in [0.15, 0.2) is 35.9 Å². The third kappa shape index (κ3) is 3.69. The molecule has 0 bridgehead atoms. The van der Waals surface area contributed by atoms with Crippen molar-refractivity contribution in [2.45, 2.75) is 20.8 Å². The summed E-state index contributed by atoms with van der Waals surface area (Å²) in [5.41, 5.74) is 1.53. The average molecular weight is 218 g/mol. The van der Waals surface area contributed by atoms with Crippen LogP contribution in [-0.2, 0) is 4.79 Å². The standard InChI is InChI=1S/C13H14O3/c1-9(2)8-13(15)11-4-6-12(7-5-11)16-10(3)14/h4-8H,1-3H3. The first-order valence-electron chi connectivity index (χ1n) is 4.97. The first kappa shape index (κ1) is 12.2. The number of ether oxygens (including phenoxy) is 1. The van der Waals surface area contributed by atoms with Crippen LogP contribution in [0.2, 0.25) is 0 Å². The quantitative estimate of drug-likeness (QED) is 0.339. The Hall–Kier alpha value is -1.90. The lowest BCUT2D eigenvalue weighted by atomic mass is 10.1. The summed E-state index contributed by atoms with van der Waals surface area (Å²) in [5.74, 6) is 0.0269. The maximum absolute atomic E-state index is 11.6. The summed E-state index contributed by atoms with van der Waals surface area (Å²) in [6, 6.07) is 6.49. The lowest BCUT2D eigenvalue weighted by molar-refractivity contribution is -0.131. The molecule has 0 amide bonds. The lowest BCUT2D eigenvalue weighted by Gasteiger charge is -2.01. The summed E-state index contributed by atoms with van der Waals surface area (Å²) in [7, 11) is 0. The van der Waals surface area contributed by atoms with E-state index in [1.807, 2.05) is 13.8 Å². The number of carbonyl (C=O) groups is 2. The van der Waals surface area contributed by atoms with Crippen molar-refractivity contribution >= 4 is 11.8 Å². The lowest BCUT2D eigenvalue weighted by Crippen LogP contribution is -2.02. The highest BCUT2D eigenvalue weighted by Gasteiger charge is 2.03. The Bertz CT molecular complexity index is 423. The largest absolute Gasteiger partial charge is 0.427 e. The van der Waals surface area contributed by atoms with Crippen molar-refractivity contribution in [1.82, 2.24) is 0 Å². The molecular weight excluding hydrogens is 204 g/mol. The Morgan fingerprint density at radius 2 is 1.62 bits per heavy atom. The number of carbonyl (C=O) groups excluding carboxylic acids is 2. The highest BCUT2D eigenvalue weighted by molar-refractivity contribution is 6.04. The number of rotatable bonds is 3. The number of benzene rings is 1. The zero-order valence-electron chi connectivity index (χ0n) is 9.61. The molecule has 1 rings (SSSR count). The van der Waals surface area contributed by atoms with Crippen LogP contribution in [0, 0.1) is 0 Å². The highest BCUT2D eigenvalue weighted by atomic mass is 16.5. The zero-order valence-corrected chi connectivity index (χ0v) is 9.61. The summed E-state index contributed by atoms with van der Waals surface area (Å²) in [6.45, 7) is 5.07. The first-order chi connectivity index (χ1) is 7.49. The Kier molecular flexibility index (Phi) is 4.00. The second-order valence-corrected chi connectivity index (χ2v) is 3.70. The van der Waals surface area contributed by atoms with Gasteiger partial charge in [0.05, 0.1) is 0 Å². The third-order valence-electron chi connectivity index (χ3n) is 1.82. The van der Waals surface area contributed by atoms with Crippen molar-refractivity contribution in [1.29, 1.82) is 0 Å². The summed E-state index contributed by atoms with van der Waals surface area (Å²) in [4.78, 5) is 22.3. The summed E-state index contributed by atoms with van der Waals surface area (Å²) >= 11 is 0. The van der Waals surface area contributed by atoms with Crippen molar-refractivity contribution in [3.05, 3.63) is 41.5 Å². The second-order valence-electron chi connectivity index (χ2n) is 3.70. The van der Waals surface area contributed by atoms with E-state index in [0.29, 0.717) is 11.3 Å². The molecule has 0 heterocycles. The molecule has 1 aromatic carbocycles. The fourth-order valence-electron chi connectivity index (χ4n) is 1.20. The van der Waals surface area contributed by atoms with Crippen LogP contribution < -0.4 is 4.74 Å². The fourth-order valence-corrected chi connectivity index (χ4v) is 1.20. The van der Waals surface area contributed by atoms with Crippen molar-refractivity contribution in [2.24, 2.45) is 0 Å². The molecule has 0 spiro atoms. The Balaban J connectivity index is 2.82. The molecule has 1 aromatic rings. The van der Waals surface area contributed by atoms with Gasteiger partial charge in [0.2, 0.25) is 0 Å². The van der Waals surface area contributed by atoms with Crippen LogP contribution >= 0.6 is 0 Å². The van der Waals surface area contributed by atoms with Crippen LogP contribution in [-0.4, -0.2) is 11.8 Å². The van der Waals surface area contributed by atoms with Crippen LogP contribution in [0.25, 0.3) is 0 Å². The zero-order chi connectivity index (χ0) is 12.1. The molecule has 0 aromatic heterocycles. The SMILES string of the molecule is CC(=O)Oc1ccc(C(=O)C=C(C)C)cc1. The van der Waals surface area contributed by atoms with Gasteiger partial charge in [-0.25, -0.2) is 0 Å². The first-order valence-corrected chi connectivity index (χ1v) is 4.97. The van der Waals surface area contributed by atoms with Crippen LogP contribution in [0.5, 0.6) is 5.75 Å². The van der Waals surface area contributed by atoms with E-state index in [0.717, 1.165) is 5.57 Å². The Morgan fingerprint density at radius 3 is 2.06 bits per heavy atom. The molecule has 0 unspecified atom stereocenters. The number of allylic oxidation sites excluding steroid dienone is 2. The highest BCUT2D eigenvalue weighted by Crippen LogP contribution is 2.13. The summed E-state index contributed by atoms with van der Waals surface area (Å²) < 4.78 is 4.86. The van der Waals surface area contributed by atoms with Crippen LogP contribution in [0.4, 0.5) is 0 Å². The maximum atomic E-state index is 11.6. The Morgan fingerprint density at radius 1 is 1.06 bits per heavy atom. The summed E-state index contributed by atoms with van der Waals surface area (Å²) in [6.07, 6.45) is 1.57. The van der Waals surface area contributed by atoms with Gasteiger partial charge in [-0.05, 0) is 44.2 Å². The van der Waals surface area contributed by atoms with E-state index >= 15 is 0 Å². The number of hydrogen-bond donors (Lipinski definition) is 0. The molecule has 0 fully saturated rings. The molecule has 0 saturated carbocycles. The van der Waals surface area contributed by atoms with E-state index in [1.165, 1.54) is 6.92 Å². The van der Waals surface area contributed by atoms with E-state index in [1.54, 1.807) is 30.3 Å². The van der Waals surface area contributed by atoms with E-state index in [-0.39, 0.29) is 11.8 Å². The molecule has 0 aliphatic carbocycles. The summed E-state index contributed by atoms with van der Waals surface area (Å²) in [5, 5.41) is 0. The molecule has 0 radical (unpaired) electrons. The van der Waals surface area contributed by atoms with Gasteiger partial charge in [0, 0.05) is 12.5 Å². The van der Waals surface area contributed by atoms with Crippen molar-refractivity contribution in [2.75, 3.05) is 0 Å². The monoisotopic (exact) mass is 218 g/mol. The fraction of sp³-hybridized carbons (Fsp3) is 0.231. The van der Waals surface area contributed by atoms with Gasteiger partial charge in [-0.2, -0.15) is 0 Å². The van der Waals surface area contributed by atoms with Gasteiger partial charge in [0.25, 0.3) is 0 Å². The maximum Gasteiger partial charge on any atom is 0.308 e. The van der Waals surface area contributed by atoms with Crippen LogP contribution in [0.3, 0.4) is 0 Å². The van der Waals surface area contributed by atoms with E-state index in [4.69, 9.17) is 4.74 Å². The van der Waals surface area contributed by atoms with Gasteiger partial charge in [-0.3, -0.25) is 9.59 Å². The number of hydrogen-bond acceptors (Lipinski definition) is 3. The molecule has 0 N–H and O–H groups in total. The molecule has 0 atom stereocenters.